The number of carbonyl (C=O) groups excluding carboxylic acids is 2. The lowest BCUT2D eigenvalue weighted by molar-refractivity contribution is -0.142. The molecule has 0 radical (unpaired) electrons. The lowest BCUT2D eigenvalue weighted by atomic mass is 9.99. The van der Waals surface area contributed by atoms with Gasteiger partial charge in [0.1, 0.15) is 11.8 Å². The molecule has 4 aromatic rings. The van der Waals surface area contributed by atoms with Crippen LogP contribution in [0.25, 0.3) is 22.3 Å². The second-order valence-electron chi connectivity index (χ2n) is 8.06. The summed E-state index contributed by atoms with van der Waals surface area (Å²) in [5.41, 5.74) is 4.56. The average Bonchev–Trinajstić information content (AvgIpc) is 2.89. The van der Waals surface area contributed by atoms with Gasteiger partial charge in [0.05, 0.1) is 12.7 Å². The van der Waals surface area contributed by atoms with Gasteiger partial charge in [-0.1, -0.05) is 84.4 Å². The van der Waals surface area contributed by atoms with Crippen molar-refractivity contribution in [3.8, 4) is 28.0 Å². The molecular formula is C29H24ClNO4. The van der Waals surface area contributed by atoms with Crippen molar-refractivity contribution >= 4 is 23.5 Å². The zero-order valence-electron chi connectivity index (χ0n) is 19.1. The van der Waals surface area contributed by atoms with Crippen LogP contribution < -0.4 is 5.32 Å². The van der Waals surface area contributed by atoms with Gasteiger partial charge in [-0.2, -0.15) is 0 Å². The Morgan fingerprint density at radius 2 is 1.46 bits per heavy atom. The summed E-state index contributed by atoms with van der Waals surface area (Å²) in [4.78, 5) is 25.5. The van der Waals surface area contributed by atoms with E-state index in [1.807, 2.05) is 60.7 Å². The van der Waals surface area contributed by atoms with Gasteiger partial charge in [0.25, 0.3) is 5.91 Å². The zero-order valence-corrected chi connectivity index (χ0v) is 19.8. The Bertz CT molecular complexity index is 1340. The Balaban J connectivity index is 1.54. The third-order valence-electron chi connectivity index (χ3n) is 5.69. The van der Waals surface area contributed by atoms with Gasteiger partial charge >= 0.3 is 5.97 Å². The number of ether oxygens (including phenoxy) is 1. The molecule has 0 bridgehead atoms. The first-order valence-corrected chi connectivity index (χ1v) is 11.4. The molecule has 6 heteroatoms. The third-order valence-corrected chi connectivity index (χ3v) is 5.93. The van der Waals surface area contributed by atoms with Crippen LogP contribution in [0.15, 0.2) is 97.1 Å². The molecule has 0 aromatic heterocycles. The van der Waals surface area contributed by atoms with E-state index in [0.29, 0.717) is 10.6 Å². The van der Waals surface area contributed by atoms with Crippen molar-refractivity contribution in [1.82, 2.24) is 5.32 Å². The molecule has 4 rings (SSSR count). The van der Waals surface area contributed by atoms with Crippen LogP contribution in [-0.2, 0) is 16.0 Å². The molecular weight excluding hydrogens is 462 g/mol. The van der Waals surface area contributed by atoms with Crippen molar-refractivity contribution in [1.29, 1.82) is 0 Å². The van der Waals surface area contributed by atoms with E-state index in [9.17, 15) is 14.7 Å². The van der Waals surface area contributed by atoms with E-state index in [-0.39, 0.29) is 17.7 Å². The molecule has 2 N–H and O–H groups in total. The van der Waals surface area contributed by atoms with Crippen LogP contribution in [0.1, 0.15) is 15.9 Å². The molecule has 0 saturated heterocycles. The predicted molar refractivity (Wildman–Crippen MR) is 137 cm³/mol. The summed E-state index contributed by atoms with van der Waals surface area (Å²) in [5, 5.41) is 13.6. The molecule has 35 heavy (non-hydrogen) atoms. The molecule has 0 aliphatic rings. The molecule has 0 unspecified atom stereocenters. The first kappa shape index (κ1) is 24.0. The van der Waals surface area contributed by atoms with Crippen LogP contribution in [-0.4, -0.2) is 30.1 Å². The Morgan fingerprint density at radius 1 is 0.829 bits per heavy atom. The van der Waals surface area contributed by atoms with E-state index in [0.717, 1.165) is 22.3 Å². The minimum Gasteiger partial charge on any atom is -0.507 e. The molecule has 5 nitrogen and oxygen atoms in total. The molecule has 176 valence electrons. The van der Waals surface area contributed by atoms with E-state index in [1.165, 1.54) is 13.2 Å². The van der Waals surface area contributed by atoms with Crippen LogP contribution in [0.3, 0.4) is 0 Å². The monoisotopic (exact) mass is 485 g/mol. The number of hydrogen-bond donors (Lipinski definition) is 2. The number of aromatic hydroxyl groups is 1. The molecule has 4 aromatic carbocycles. The smallest absolute Gasteiger partial charge is 0.328 e. The second-order valence-corrected chi connectivity index (χ2v) is 8.49. The van der Waals surface area contributed by atoms with Crippen LogP contribution in [0.5, 0.6) is 5.75 Å². The fraction of sp³-hybridized carbons (Fsp3) is 0.103. The van der Waals surface area contributed by atoms with Gasteiger partial charge in [0.15, 0.2) is 0 Å². The molecule has 1 amide bonds. The fourth-order valence-electron chi connectivity index (χ4n) is 3.84. The molecule has 0 spiro atoms. The average molecular weight is 486 g/mol. The zero-order chi connectivity index (χ0) is 24.8. The maximum absolute atomic E-state index is 13.1. The van der Waals surface area contributed by atoms with Crippen molar-refractivity contribution in [3.05, 3.63) is 113 Å². The Morgan fingerprint density at radius 3 is 2.14 bits per heavy atom. The van der Waals surface area contributed by atoms with Crippen molar-refractivity contribution in [2.75, 3.05) is 7.11 Å². The van der Waals surface area contributed by atoms with Gasteiger partial charge in [0.2, 0.25) is 0 Å². The highest BCUT2D eigenvalue weighted by atomic mass is 35.5. The summed E-state index contributed by atoms with van der Waals surface area (Å²) < 4.78 is 4.92. The van der Waals surface area contributed by atoms with Gasteiger partial charge in [-0.05, 0) is 52.1 Å². The molecule has 0 fully saturated rings. The van der Waals surface area contributed by atoms with Crippen LogP contribution in [0.2, 0.25) is 5.02 Å². The topological polar surface area (TPSA) is 75.6 Å². The largest absolute Gasteiger partial charge is 0.507 e. The molecule has 0 aliphatic carbocycles. The third kappa shape index (κ3) is 5.89. The number of nitrogens with one attached hydrogen (secondary N) is 1. The molecule has 0 heterocycles. The van der Waals surface area contributed by atoms with Gasteiger partial charge in [-0.25, -0.2) is 4.79 Å². The number of esters is 1. The number of carbonyl (C=O) groups is 2. The summed E-state index contributed by atoms with van der Waals surface area (Å²) in [6.45, 7) is 0. The van der Waals surface area contributed by atoms with Crippen molar-refractivity contribution < 1.29 is 19.4 Å². The number of amides is 1. The van der Waals surface area contributed by atoms with E-state index in [1.54, 1.807) is 30.3 Å². The number of phenolic OH excluding ortho intramolecular Hbond substituents is 1. The predicted octanol–water partition coefficient (Wildman–Crippen LogP) is 5.89. The van der Waals surface area contributed by atoms with Gasteiger partial charge < -0.3 is 15.2 Å². The summed E-state index contributed by atoms with van der Waals surface area (Å²) in [6, 6.07) is 28.7. The molecule has 0 aliphatic heterocycles. The van der Waals surface area contributed by atoms with E-state index in [4.69, 9.17) is 16.3 Å². The Kier molecular flexibility index (Phi) is 7.48. The second kappa shape index (κ2) is 10.9. The number of benzene rings is 4. The minimum atomic E-state index is -0.927. The highest BCUT2D eigenvalue weighted by molar-refractivity contribution is 6.30. The Labute approximate surface area is 209 Å². The normalized spacial score (nSPS) is 11.5. The standard InChI is InChI=1S/C29H24ClNO4/c1-35-29(34)26(16-19-10-12-21(13-11-19)20-6-3-2-4-7-20)31-28(33)25-18-23(14-15-27(25)32)22-8-5-9-24(30)17-22/h2-15,17-18,26,32H,16H2,1H3,(H,31,33)/t26-/m0/s1. The van der Waals surface area contributed by atoms with Crippen LogP contribution in [0, 0.1) is 0 Å². The van der Waals surface area contributed by atoms with E-state index >= 15 is 0 Å². The van der Waals surface area contributed by atoms with E-state index in [2.05, 4.69) is 5.32 Å². The lowest BCUT2D eigenvalue weighted by Crippen LogP contribution is -2.43. The number of halogens is 1. The first-order chi connectivity index (χ1) is 16.9. The minimum absolute atomic E-state index is 0.0517. The highest BCUT2D eigenvalue weighted by Gasteiger charge is 2.24. The highest BCUT2D eigenvalue weighted by Crippen LogP contribution is 2.28. The summed E-state index contributed by atoms with van der Waals surface area (Å²) >= 11 is 6.09. The fourth-order valence-corrected chi connectivity index (χ4v) is 4.03. The maximum atomic E-state index is 13.1. The van der Waals surface area contributed by atoms with Crippen LogP contribution >= 0.6 is 11.6 Å². The molecule has 0 saturated carbocycles. The number of methoxy groups -OCH3 is 1. The van der Waals surface area contributed by atoms with Gasteiger partial charge in [0, 0.05) is 11.4 Å². The summed E-state index contributed by atoms with van der Waals surface area (Å²) in [7, 11) is 1.28. The Hall–Kier alpha value is -4.09. The first-order valence-electron chi connectivity index (χ1n) is 11.1. The molecule has 1 atom stereocenters. The van der Waals surface area contributed by atoms with E-state index < -0.39 is 17.9 Å². The van der Waals surface area contributed by atoms with Crippen molar-refractivity contribution in [2.45, 2.75) is 12.5 Å². The van der Waals surface area contributed by atoms with Crippen molar-refractivity contribution in [2.24, 2.45) is 0 Å². The quantitative estimate of drug-likeness (QED) is 0.320. The van der Waals surface area contributed by atoms with Gasteiger partial charge in [-0.15, -0.1) is 0 Å². The number of hydrogen-bond acceptors (Lipinski definition) is 4. The maximum Gasteiger partial charge on any atom is 0.328 e. The SMILES string of the molecule is COC(=O)[C@H](Cc1ccc(-c2ccccc2)cc1)NC(=O)c1cc(-c2cccc(Cl)c2)ccc1O. The summed E-state index contributed by atoms with van der Waals surface area (Å²) in [5.74, 6) is -1.34. The van der Waals surface area contributed by atoms with Gasteiger partial charge in [-0.3, -0.25) is 4.79 Å². The summed E-state index contributed by atoms with van der Waals surface area (Å²) in [6.07, 6.45) is 0.238. The lowest BCUT2D eigenvalue weighted by Gasteiger charge is -2.18. The number of phenols is 1. The van der Waals surface area contributed by atoms with Crippen LogP contribution in [0.4, 0.5) is 0 Å². The van der Waals surface area contributed by atoms with Crippen molar-refractivity contribution in [3.63, 3.8) is 0 Å². The number of rotatable bonds is 7.